The summed E-state index contributed by atoms with van der Waals surface area (Å²) in [6.07, 6.45) is 0.0169. The molecule has 1 saturated heterocycles. The van der Waals surface area contributed by atoms with Gasteiger partial charge in [0.1, 0.15) is 0 Å². The van der Waals surface area contributed by atoms with E-state index in [9.17, 15) is 4.79 Å². The van der Waals surface area contributed by atoms with Gasteiger partial charge in [-0.25, -0.2) is 4.79 Å². The van der Waals surface area contributed by atoms with E-state index in [1.165, 1.54) is 0 Å². The van der Waals surface area contributed by atoms with E-state index in [0.717, 1.165) is 19.5 Å². The molecule has 0 aromatic heterocycles. The van der Waals surface area contributed by atoms with Crippen LogP contribution >= 0.6 is 0 Å². The predicted octanol–water partition coefficient (Wildman–Crippen LogP) is -0.0419. The first-order valence-electron chi connectivity index (χ1n) is 3.36. The van der Waals surface area contributed by atoms with Crippen LogP contribution in [0.1, 0.15) is 6.42 Å². The molecule has 2 N–H and O–H groups in total. The molecule has 1 heterocycles. The molecular weight excluding hydrogens is 132 g/mol. The lowest BCUT2D eigenvalue weighted by atomic mass is 10.3. The van der Waals surface area contributed by atoms with E-state index in [4.69, 9.17) is 5.11 Å². The smallest absolute Gasteiger partial charge is 0.404 e. The third kappa shape index (κ3) is 1.88. The van der Waals surface area contributed by atoms with Crippen molar-refractivity contribution in [2.75, 3.05) is 20.1 Å². The number of rotatable bonds is 1. The summed E-state index contributed by atoms with van der Waals surface area (Å²) in [5.74, 6) is 0. The number of likely N-dealkylation sites (tertiary alicyclic amines) is 1. The molecule has 0 aromatic rings. The molecule has 1 amide bonds. The molecule has 1 fully saturated rings. The Morgan fingerprint density at radius 1 is 1.80 bits per heavy atom. The fourth-order valence-corrected chi connectivity index (χ4v) is 1.23. The maximum atomic E-state index is 10.1. The van der Waals surface area contributed by atoms with Gasteiger partial charge in [0, 0.05) is 12.6 Å². The Bertz CT molecular complexity index is 138. The molecule has 0 bridgehead atoms. The summed E-state index contributed by atoms with van der Waals surface area (Å²) in [5, 5.41) is 10.8. The lowest BCUT2D eigenvalue weighted by Gasteiger charge is -2.08. The molecule has 0 saturated carbocycles. The summed E-state index contributed by atoms with van der Waals surface area (Å²) >= 11 is 0. The van der Waals surface area contributed by atoms with Gasteiger partial charge in [-0.15, -0.1) is 0 Å². The van der Waals surface area contributed by atoms with Gasteiger partial charge < -0.3 is 15.3 Å². The molecule has 0 radical (unpaired) electrons. The minimum Gasteiger partial charge on any atom is -0.465 e. The van der Waals surface area contributed by atoms with Crippen LogP contribution in [0.5, 0.6) is 0 Å². The molecule has 4 heteroatoms. The number of hydrogen-bond acceptors (Lipinski definition) is 2. The van der Waals surface area contributed by atoms with Gasteiger partial charge in [0.2, 0.25) is 0 Å². The summed E-state index contributed by atoms with van der Waals surface area (Å²) < 4.78 is 0. The van der Waals surface area contributed by atoms with Crippen molar-refractivity contribution in [3.63, 3.8) is 0 Å². The fourth-order valence-electron chi connectivity index (χ4n) is 1.23. The fraction of sp³-hybridized carbons (Fsp3) is 0.833. The monoisotopic (exact) mass is 144 g/mol. The highest BCUT2D eigenvalue weighted by Gasteiger charge is 2.20. The summed E-state index contributed by atoms with van der Waals surface area (Å²) in [5.41, 5.74) is 0. The number of carbonyl (C=O) groups is 1. The standard InChI is InChI=1S/C6H12N2O2/c1-8-3-2-5(4-8)7-6(9)10/h5,7H,2-4H2,1H3,(H,9,10)/t5-/m1/s1. The van der Waals surface area contributed by atoms with Crippen LogP contribution in [-0.2, 0) is 0 Å². The van der Waals surface area contributed by atoms with Crippen molar-refractivity contribution < 1.29 is 9.90 Å². The van der Waals surface area contributed by atoms with Gasteiger partial charge in [0.15, 0.2) is 0 Å². The van der Waals surface area contributed by atoms with Crippen LogP contribution in [0, 0.1) is 0 Å². The second kappa shape index (κ2) is 2.88. The van der Waals surface area contributed by atoms with E-state index >= 15 is 0 Å². The number of likely N-dealkylation sites (N-methyl/N-ethyl adjacent to an activating group) is 1. The number of nitrogens with one attached hydrogen (secondary N) is 1. The van der Waals surface area contributed by atoms with Crippen molar-refractivity contribution >= 4 is 6.09 Å². The Hall–Kier alpha value is -0.770. The molecule has 10 heavy (non-hydrogen) atoms. The Morgan fingerprint density at radius 2 is 2.50 bits per heavy atom. The first-order chi connectivity index (χ1) is 4.68. The average Bonchev–Trinajstić information content (AvgIpc) is 2.13. The van der Waals surface area contributed by atoms with Crippen LogP contribution in [0.25, 0.3) is 0 Å². The molecule has 1 aliphatic heterocycles. The lowest BCUT2D eigenvalue weighted by molar-refractivity contribution is 0.190. The zero-order chi connectivity index (χ0) is 7.56. The Morgan fingerprint density at radius 3 is 2.90 bits per heavy atom. The number of amides is 1. The van der Waals surface area contributed by atoms with Crippen molar-refractivity contribution in [2.24, 2.45) is 0 Å². The first-order valence-corrected chi connectivity index (χ1v) is 3.36. The summed E-state index contributed by atoms with van der Waals surface area (Å²) in [7, 11) is 1.99. The predicted molar refractivity (Wildman–Crippen MR) is 37.1 cm³/mol. The number of hydrogen-bond donors (Lipinski definition) is 2. The van der Waals surface area contributed by atoms with Gasteiger partial charge in [-0.3, -0.25) is 0 Å². The van der Waals surface area contributed by atoms with Crippen LogP contribution in [0.2, 0.25) is 0 Å². The minimum atomic E-state index is -0.916. The van der Waals surface area contributed by atoms with Crippen molar-refractivity contribution in [3.8, 4) is 0 Å². The third-order valence-corrected chi connectivity index (χ3v) is 1.72. The Labute approximate surface area is 59.8 Å². The normalized spacial score (nSPS) is 26.7. The van der Waals surface area contributed by atoms with Crippen molar-refractivity contribution in [3.05, 3.63) is 0 Å². The van der Waals surface area contributed by atoms with E-state index in [0.29, 0.717) is 0 Å². The highest BCUT2D eigenvalue weighted by Crippen LogP contribution is 2.05. The second-order valence-corrected chi connectivity index (χ2v) is 2.70. The summed E-state index contributed by atoms with van der Waals surface area (Å²) in [4.78, 5) is 12.2. The minimum absolute atomic E-state index is 0.141. The maximum absolute atomic E-state index is 10.1. The van der Waals surface area contributed by atoms with Crippen LogP contribution in [0.15, 0.2) is 0 Å². The summed E-state index contributed by atoms with van der Waals surface area (Å²) in [6.45, 7) is 1.83. The van der Waals surface area contributed by atoms with E-state index in [-0.39, 0.29) is 6.04 Å². The molecule has 0 unspecified atom stereocenters. The van der Waals surface area contributed by atoms with Gasteiger partial charge in [-0.05, 0) is 20.0 Å². The van der Waals surface area contributed by atoms with Crippen LogP contribution in [-0.4, -0.2) is 42.3 Å². The SMILES string of the molecule is CN1CC[C@@H](NC(=O)O)C1. The molecular formula is C6H12N2O2. The molecule has 0 spiro atoms. The zero-order valence-electron chi connectivity index (χ0n) is 6.00. The van der Waals surface area contributed by atoms with Crippen molar-refractivity contribution in [1.29, 1.82) is 0 Å². The van der Waals surface area contributed by atoms with Crippen LogP contribution < -0.4 is 5.32 Å². The second-order valence-electron chi connectivity index (χ2n) is 2.70. The van der Waals surface area contributed by atoms with E-state index < -0.39 is 6.09 Å². The maximum Gasteiger partial charge on any atom is 0.404 e. The Kier molecular flexibility index (Phi) is 2.11. The lowest BCUT2D eigenvalue weighted by Crippen LogP contribution is -2.35. The van der Waals surface area contributed by atoms with Crippen LogP contribution in [0.4, 0.5) is 4.79 Å². The summed E-state index contributed by atoms with van der Waals surface area (Å²) in [6, 6.07) is 0.141. The highest BCUT2D eigenvalue weighted by molar-refractivity contribution is 5.64. The first kappa shape index (κ1) is 7.34. The van der Waals surface area contributed by atoms with Gasteiger partial charge in [0.05, 0.1) is 0 Å². The molecule has 1 atom stereocenters. The third-order valence-electron chi connectivity index (χ3n) is 1.72. The molecule has 0 aromatic carbocycles. The van der Waals surface area contributed by atoms with Gasteiger partial charge >= 0.3 is 6.09 Å². The average molecular weight is 144 g/mol. The van der Waals surface area contributed by atoms with Crippen molar-refractivity contribution in [1.82, 2.24) is 10.2 Å². The number of nitrogens with zero attached hydrogens (tertiary/aromatic N) is 1. The molecule has 4 nitrogen and oxygen atoms in total. The molecule has 1 rings (SSSR count). The number of carboxylic acid groups (broad SMARTS) is 1. The van der Waals surface area contributed by atoms with Crippen molar-refractivity contribution in [2.45, 2.75) is 12.5 Å². The topological polar surface area (TPSA) is 52.6 Å². The van der Waals surface area contributed by atoms with E-state index in [2.05, 4.69) is 10.2 Å². The zero-order valence-corrected chi connectivity index (χ0v) is 6.00. The van der Waals surface area contributed by atoms with E-state index in [1.54, 1.807) is 0 Å². The molecule has 0 aliphatic carbocycles. The quantitative estimate of drug-likeness (QED) is 0.543. The highest BCUT2D eigenvalue weighted by atomic mass is 16.4. The van der Waals surface area contributed by atoms with Gasteiger partial charge in [-0.2, -0.15) is 0 Å². The molecule has 1 aliphatic rings. The largest absolute Gasteiger partial charge is 0.465 e. The molecule has 58 valence electrons. The van der Waals surface area contributed by atoms with Gasteiger partial charge in [-0.1, -0.05) is 0 Å². The van der Waals surface area contributed by atoms with E-state index in [1.807, 2.05) is 7.05 Å². The van der Waals surface area contributed by atoms with Gasteiger partial charge in [0.25, 0.3) is 0 Å². The Balaban J connectivity index is 2.24. The van der Waals surface area contributed by atoms with Crippen LogP contribution in [0.3, 0.4) is 0 Å².